The molecule has 1 aromatic carbocycles. The van der Waals surface area contributed by atoms with E-state index in [0.29, 0.717) is 17.7 Å². The van der Waals surface area contributed by atoms with Crippen LogP contribution in [0.15, 0.2) is 40.8 Å². The van der Waals surface area contributed by atoms with Crippen LogP contribution in [-0.4, -0.2) is 36.1 Å². The minimum atomic E-state index is -0.366. The van der Waals surface area contributed by atoms with Gasteiger partial charge in [0.25, 0.3) is 11.8 Å². The van der Waals surface area contributed by atoms with Gasteiger partial charge in [-0.05, 0) is 30.7 Å². The number of aliphatic hydroxyl groups excluding tert-OH is 1. The lowest BCUT2D eigenvalue weighted by molar-refractivity contribution is 0.0615. The van der Waals surface area contributed by atoms with Crippen LogP contribution in [0.1, 0.15) is 71.3 Å². The second kappa shape index (κ2) is 8.61. The summed E-state index contributed by atoms with van der Waals surface area (Å²) in [5.74, 6) is -0.0377. The Kier molecular flexibility index (Phi) is 6.19. The van der Waals surface area contributed by atoms with E-state index in [1.54, 1.807) is 0 Å². The summed E-state index contributed by atoms with van der Waals surface area (Å²) < 4.78 is 5.82. The van der Waals surface area contributed by atoms with Crippen LogP contribution in [0.5, 0.6) is 0 Å². The average molecular weight is 384 g/mol. The molecule has 150 valence electrons. The van der Waals surface area contributed by atoms with Crippen LogP contribution in [0.3, 0.4) is 0 Å². The van der Waals surface area contributed by atoms with E-state index >= 15 is 0 Å². The standard InChI is InChI=1S/C22H28N2O4/c1-13-11-16(9-10-18(13)25)24-21(26)17-12-19(22(27)23-3)28-20(17)14(2)15-7-5-4-6-8-15/h4-8,12-14,16,18,25H,9-11H2,1-3H3,(H,23,27)(H,24,26)/t13-,14+,16+,18-/m1/s1. The van der Waals surface area contributed by atoms with Gasteiger partial charge < -0.3 is 20.2 Å². The zero-order valence-corrected chi connectivity index (χ0v) is 16.6. The van der Waals surface area contributed by atoms with E-state index in [0.717, 1.165) is 18.4 Å². The topological polar surface area (TPSA) is 91.6 Å². The summed E-state index contributed by atoms with van der Waals surface area (Å²) in [5.41, 5.74) is 1.39. The molecule has 6 nitrogen and oxygen atoms in total. The average Bonchev–Trinajstić information content (AvgIpc) is 3.16. The third-order valence-corrected chi connectivity index (χ3v) is 5.61. The molecule has 28 heavy (non-hydrogen) atoms. The molecule has 1 aliphatic carbocycles. The second-order valence-corrected chi connectivity index (χ2v) is 7.63. The van der Waals surface area contributed by atoms with Crippen molar-refractivity contribution in [2.24, 2.45) is 5.92 Å². The minimum absolute atomic E-state index is 0.00383. The second-order valence-electron chi connectivity index (χ2n) is 7.63. The molecule has 0 radical (unpaired) electrons. The molecule has 1 saturated carbocycles. The first kappa shape index (κ1) is 20.1. The van der Waals surface area contributed by atoms with Gasteiger partial charge in [-0.15, -0.1) is 0 Å². The number of nitrogens with one attached hydrogen (secondary N) is 2. The van der Waals surface area contributed by atoms with Crippen LogP contribution in [0, 0.1) is 5.92 Å². The van der Waals surface area contributed by atoms with Crippen molar-refractivity contribution in [2.75, 3.05) is 7.05 Å². The number of furan rings is 1. The fraction of sp³-hybridized carbons (Fsp3) is 0.455. The van der Waals surface area contributed by atoms with Gasteiger partial charge in [0.1, 0.15) is 5.76 Å². The molecule has 0 spiro atoms. The van der Waals surface area contributed by atoms with Crippen molar-refractivity contribution < 1.29 is 19.1 Å². The molecule has 0 aliphatic heterocycles. The Hall–Kier alpha value is -2.60. The molecular weight excluding hydrogens is 356 g/mol. The minimum Gasteiger partial charge on any atom is -0.454 e. The van der Waals surface area contributed by atoms with Gasteiger partial charge in [0.15, 0.2) is 5.76 Å². The third kappa shape index (κ3) is 4.28. The highest BCUT2D eigenvalue weighted by Crippen LogP contribution is 2.30. The zero-order valence-electron chi connectivity index (χ0n) is 16.6. The molecule has 1 aromatic heterocycles. The summed E-state index contributed by atoms with van der Waals surface area (Å²) in [5, 5.41) is 15.5. The van der Waals surface area contributed by atoms with Gasteiger partial charge in [0.05, 0.1) is 11.7 Å². The summed E-state index contributed by atoms with van der Waals surface area (Å²) in [6.07, 6.45) is 1.84. The highest BCUT2D eigenvalue weighted by molar-refractivity contribution is 5.99. The third-order valence-electron chi connectivity index (χ3n) is 5.61. The van der Waals surface area contributed by atoms with Crippen LogP contribution in [0.4, 0.5) is 0 Å². The molecule has 3 rings (SSSR count). The van der Waals surface area contributed by atoms with Gasteiger partial charge in [-0.1, -0.05) is 44.2 Å². The smallest absolute Gasteiger partial charge is 0.286 e. The lowest BCUT2D eigenvalue weighted by Crippen LogP contribution is -2.41. The lowest BCUT2D eigenvalue weighted by Gasteiger charge is -2.31. The van der Waals surface area contributed by atoms with E-state index in [9.17, 15) is 14.7 Å². The Labute approximate surface area is 165 Å². The fourth-order valence-electron chi connectivity index (χ4n) is 3.81. The van der Waals surface area contributed by atoms with Gasteiger partial charge in [-0.3, -0.25) is 9.59 Å². The fourth-order valence-corrected chi connectivity index (χ4v) is 3.81. The Bertz CT molecular complexity index is 830. The first-order chi connectivity index (χ1) is 13.4. The first-order valence-electron chi connectivity index (χ1n) is 9.80. The zero-order chi connectivity index (χ0) is 20.3. The highest BCUT2D eigenvalue weighted by atomic mass is 16.4. The summed E-state index contributed by atoms with van der Waals surface area (Å²) in [6, 6.07) is 11.3. The predicted octanol–water partition coefficient (Wildman–Crippen LogP) is 3.07. The molecule has 1 aliphatic rings. The number of rotatable bonds is 5. The number of amides is 2. The molecule has 1 fully saturated rings. The van der Waals surface area contributed by atoms with Crippen LogP contribution < -0.4 is 10.6 Å². The summed E-state index contributed by atoms with van der Waals surface area (Å²) in [4.78, 5) is 25.1. The molecule has 0 bridgehead atoms. The Morgan fingerprint density at radius 1 is 1.18 bits per heavy atom. The van der Waals surface area contributed by atoms with Gasteiger partial charge in [-0.25, -0.2) is 0 Å². The van der Waals surface area contributed by atoms with Crippen LogP contribution in [-0.2, 0) is 0 Å². The van der Waals surface area contributed by atoms with Crippen molar-refractivity contribution >= 4 is 11.8 Å². The number of carbonyl (C=O) groups excluding carboxylic acids is 2. The van der Waals surface area contributed by atoms with E-state index in [4.69, 9.17) is 4.42 Å². The molecule has 4 atom stereocenters. The highest BCUT2D eigenvalue weighted by Gasteiger charge is 2.30. The van der Waals surface area contributed by atoms with Crippen molar-refractivity contribution in [1.82, 2.24) is 10.6 Å². The van der Waals surface area contributed by atoms with Crippen molar-refractivity contribution in [3.05, 3.63) is 59.0 Å². The van der Waals surface area contributed by atoms with Gasteiger partial charge in [0.2, 0.25) is 0 Å². The Balaban J connectivity index is 1.87. The van der Waals surface area contributed by atoms with Gasteiger partial charge in [-0.2, -0.15) is 0 Å². The predicted molar refractivity (Wildman–Crippen MR) is 106 cm³/mol. The number of aliphatic hydroxyl groups is 1. The molecule has 2 aromatic rings. The van der Waals surface area contributed by atoms with E-state index < -0.39 is 0 Å². The van der Waals surface area contributed by atoms with Crippen molar-refractivity contribution in [3.8, 4) is 0 Å². The molecule has 6 heteroatoms. The van der Waals surface area contributed by atoms with Crippen molar-refractivity contribution in [2.45, 2.75) is 51.2 Å². The number of carbonyl (C=O) groups is 2. The molecule has 1 heterocycles. The summed E-state index contributed by atoms with van der Waals surface area (Å²) in [7, 11) is 1.53. The van der Waals surface area contributed by atoms with E-state index in [1.165, 1.54) is 13.1 Å². The Morgan fingerprint density at radius 2 is 1.89 bits per heavy atom. The van der Waals surface area contributed by atoms with E-state index in [1.807, 2.05) is 44.2 Å². The van der Waals surface area contributed by atoms with Crippen LogP contribution >= 0.6 is 0 Å². The van der Waals surface area contributed by atoms with Crippen molar-refractivity contribution in [3.63, 3.8) is 0 Å². The summed E-state index contributed by atoms with van der Waals surface area (Å²) >= 11 is 0. The normalized spacial score (nSPS) is 23.1. The molecule has 0 saturated heterocycles. The lowest BCUT2D eigenvalue weighted by atomic mass is 9.84. The number of hydrogen-bond acceptors (Lipinski definition) is 4. The molecular formula is C22H28N2O4. The maximum Gasteiger partial charge on any atom is 0.286 e. The van der Waals surface area contributed by atoms with Crippen molar-refractivity contribution in [1.29, 1.82) is 0 Å². The monoisotopic (exact) mass is 384 g/mol. The number of benzene rings is 1. The van der Waals surface area contributed by atoms with Crippen LogP contribution in [0.25, 0.3) is 0 Å². The SMILES string of the molecule is CNC(=O)c1cc(C(=O)N[C@H]2CC[C@@H](O)[C@H](C)C2)c([C@@H](C)c2ccccc2)o1. The quantitative estimate of drug-likeness (QED) is 0.739. The van der Waals surface area contributed by atoms with Crippen LogP contribution in [0.2, 0.25) is 0 Å². The van der Waals surface area contributed by atoms with Gasteiger partial charge in [0, 0.05) is 25.1 Å². The molecule has 2 amide bonds. The van der Waals surface area contributed by atoms with Gasteiger partial charge >= 0.3 is 0 Å². The summed E-state index contributed by atoms with van der Waals surface area (Å²) in [6.45, 7) is 3.95. The largest absolute Gasteiger partial charge is 0.454 e. The molecule has 0 unspecified atom stereocenters. The maximum absolute atomic E-state index is 13.0. The Morgan fingerprint density at radius 3 is 2.54 bits per heavy atom. The number of hydrogen-bond donors (Lipinski definition) is 3. The molecule has 3 N–H and O–H groups in total. The maximum atomic E-state index is 13.0. The van der Waals surface area contributed by atoms with E-state index in [2.05, 4.69) is 10.6 Å². The first-order valence-corrected chi connectivity index (χ1v) is 9.80. The van der Waals surface area contributed by atoms with E-state index in [-0.39, 0.29) is 41.6 Å².